The van der Waals surface area contributed by atoms with Crippen LogP contribution in [0.3, 0.4) is 0 Å². The van der Waals surface area contributed by atoms with Crippen LogP contribution in [-0.2, 0) is 20.5 Å². The van der Waals surface area contributed by atoms with Crippen LogP contribution in [0.5, 0.6) is 0 Å². The number of esters is 1. The molecule has 1 N–H and O–H groups in total. The monoisotopic (exact) mass is 385 g/mol. The van der Waals surface area contributed by atoms with Crippen LogP contribution >= 0.6 is 11.3 Å². The van der Waals surface area contributed by atoms with Gasteiger partial charge in [0, 0.05) is 11.6 Å². The molecule has 0 spiro atoms. The molecule has 0 aliphatic rings. The number of nitro groups is 1. The number of nitrogens with zero attached hydrogens (tertiary/aromatic N) is 2. The van der Waals surface area contributed by atoms with Gasteiger partial charge in [-0.1, -0.05) is 29.5 Å². The second kappa shape index (κ2) is 7.57. The van der Waals surface area contributed by atoms with E-state index in [4.69, 9.17) is 4.74 Å². The van der Waals surface area contributed by atoms with Gasteiger partial charge in [-0.05, 0) is 13.8 Å². The maximum absolute atomic E-state index is 12.3. The number of para-hydroxylation sites is 1. The Morgan fingerprint density at radius 3 is 2.72 bits per heavy atom. The number of nitrogens with one attached hydrogen (secondary N) is 1. The van der Waals surface area contributed by atoms with Crippen LogP contribution in [0.15, 0.2) is 24.3 Å². The molecule has 11 heteroatoms. The second-order valence-electron chi connectivity index (χ2n) is 4.90. The Hall–Kier alpha value is -2.53. The van der Waals surface area contributed by atoms with E-state index in [0.29, 0.717) is 5.69 Å². The number of hydrogen-bond donors (Lipinski definition) is 1. The maximum atomic E-state index is 12.3. The summed E-state index contributed by atoms with van der Waals surface area (Å²) in [5, 5.41) is 11.0. The van der Waals surface area contributed by atoms with Gasteiger partial charge in [0.15, 0.2) is 5.13 Å². The van der Waals surface area contributed by atoms with Gasteiger partial charge < -0.3 is 4.74 Å². The Labute approximate surface area is 147 Å². The van der Waals surface area contributed by atoms with Gasteiger partial charge in [-0.2, -0.15) is 0 Å². The normalized spacial score (nSPS) is 11.1. The van der Waals surface area contributed by atoms with Crippen LogP contribution < -0.4 is 4.72 Å². The quantitative estimate of drug-likeness (QED) is 0.440. The van der Waals surface area contributed by atoms with E-state index in [-0.39, 0.29) is 27.9 Å². The van der Waals surface area contributed by atoms with E-state index in [9.17, 15) is 23.3 Å². The zero-order valence-corrected chi connectivity index (χ0v) is 15.0. The number of nitro benzene ring substituents is 1. The molecule has 0 unspecified atom stereocenters. The lowest BCUT2D eigenvalue weighted by Gasteiger charge is -2.05. The van der Waals surface area contributed by atoms with Gasteiger partial charge in [0.2, 0.25) is 10.0 Å². The molecule has 0 aliphatic heterocycles. The van der Waals surface area contributed by atoms with Crippen molar-refractivity contribution in [1.82, 2.24) is 4.98 Å². The SMILES string of the molecule is CCOC(=O)c1sc(NS(=O)(=O)Cc2ccccc2[N+](=O)[O-])nc1C. The number of thiazole rings is 1. The third-order valence-electron chi connectivity index (χ3n) is 3.03. The maximum Gasteiger partial charge on any atom is 0.350 e. The molecule has 1 heterocycles. The Kier molecular flexibility index (Phi) is 5.69. The standard InChI is InChI=1S/C14H15N3O6S2/c1-3-23-13(18)12-9(2)15-14(24-12)16-25(21,22)8-10-6-4-5-7-11(10)17(19)20/h4-7H,3,8H2,1-2H3,(H,15,16). The van der Waals surface area contributed by atoms with Crippen molar-refractivity contribution in [3.63, 3.8) is 0 Å². The summed E-state index contributed by atoms with van der Waals surface area (Å²) in [4.78, 5) is 26.3. The van der Waals surface area contributed by atoms with Gasteiger partial charge in [-0.15, -0.1) is 0 Å². The fourth-order valence-corrected chi connectivity index (χ4v) is 4.31. The van der Waals surface area contributed by atoms with Crippen LogP contribution in [0.2, 0.25) is 0 Å². The smallest absolute Gasteiger partial charge is 0.350 e. The fourth-order valence-electron chi connectivity index (χ4n) is 2.01. The zero-order valence-electron chi connectivity index (χ0n) is 13.4. The first kappa shape index (κ1) is 18.8. The number of rotatable bonds is 7. The minimum atomic E-state index is -3.94. The molecule has 0 fully saturated rings. The number of hydrogen-bond acceptors (Lipinski definition) is 8. The highest BCUT2D eigenvalue weighted by Crippen LogP contribution is 2.26. The lowest BCUT2D eigenvalue weighted by molar-refractivity contribution is -0.385. The number of benzene rings is 1. The number of sulfonamides is 1. The zero-order chi connectivity index (χ0) is 18.6. The van der Waals surface area contributed by atoms with E-state index in [2.05, 4.69) is 9.71 Å². The number of carbonyl (C=O) groups is 1. The Morgan fingerprint density at radius 1 is 1.40 bits per heavy atom. The van der Waals surface area contributed by atoms with Crippen molar-refractivity contribution in [3.05, 3.63) is 50.5 Å². The largest absolute Gasteiger partial charge is 0.462 e. The van der Waals surface area contributed by atoms with Gasteiger partial charge in [-0.25, -0.2) is 18.2 Å². The van der Waals surface area contributed by atoms with Crippen molar-refractivity contribution >= 4 is 38.1 Å². The van der Waals surface area contributed by atoms with Gasteiger partial charge >= 0.3 is 5.97 Å². The van der Waals surface area contributed by atoms with Gasteiger partial charge in [0.25, 0.3) is 5.69 Å². The highest BCUT2D eigenvalue weighted by Gasteiger charge is 2.23. The average molecular weight is 385 g/mol. The summed E-state index contributed by atoms with van der Waals surface area (Å²) in [7, 11) is -3.94. The summed E-state index contributed by atoms with van der Waals surface area (Å²) in [6, 6.07) is 5.58. The minimum Gasteiger partial charge on any atom is -0.462 e. The first-order valence-corrected chi connectivity index (χ1v) is 9.57. The Balaban J connectivity index is 2.21. The predicted octanol–water partition coefficient (Wildman–Crippen LogP) is 2.48. The number of carbonyl (C=O) groups excluding carboxylic acids is 1. The molecule has 2 aromatic rings. The van der Waals surface area contributed by atoms with E-state index in [1.807, 2.05) is 0 Å². The van der Waals surface area contributed by atoms with Crippen LogP contribution in [0.25, 0.3) is 0 Å². The second-order valence-corrected chi connectivity index (χ2v) is 7.62. The molecule has 0 bridgehead atoms. The molecule has 2 rings (SSSR count). The van der Waals surface area contributed by atoms with E-state index in [0.717, 1.165) is 11.3 Å². The highest BCUT2D eigenvalue weighted by molar-refractivity contribution is 7.92. The summed E-state index contributed by atoms with van der Waals surface area (Å²) in [6.45, 7) is 3.40. The lowest BCUT2D eigenvalue weighted by atomic mass is 10.2. The average Bonchev–Trinajstić information content (AvgIpc) is 2.87. The van der Waals surface area contributed by atoms with Crippen molar-refractivity contribution in [2.45, 2.75) is 19.6 Å². The topological polar surface area (TPSA) is 128 Å². The molecule has 1 aromatic carbocycles. The number of ether oxygens (including phenoxy) is 1. The van der Waals surface area contributed by atoms with Crippen molar-refractivity contribution in [2.24, 2.45) is 0 Å². The summed E-state index contributed by atoms with van der Waals surface area (Å²) >= 11 is 0.846. The minimum absolute atomic E-state index is 0.000799. The number of aryl methyl sites for hydroxylation is 1. The molecule has 0 aliphatic carbocycles. The van der Waals surface area contributed by atoms with Crippen LogP contribution in [-0.4, -0.2) is 30.9 Å². The fraction of sp³-hybridized carbons (Fsp3) is 0.286. The molecule has 1 aromatic heterocycles. The molecular formula is C14H15N3O6S2. The van der Waals surface area contributed by atoms with E-state index in [1.54, 1.807) is 13.8 Å². The molecule has 0 atom stereocenters. The molecular weight excluding hydrogens is 370 g/mol. The number of aromatic nitrogens is 1. The van der Waals surface area contributed by atoms with Crippen molar-refractivity contribution in [3.8, 4) is 0 Å². The van der Waals surface area contributed by atoms with Crippen LogP contribution in [0.4, 0.5) is 10.8 Å². The summed E-state index contributed by atoms with van der Waals surface area (Å²) in [5.41, 5.74) is 0.112. The predicted molar refractivity (Wildman–Crippen MR) is 92.2 cm³/mol. The first-order valence-electron chi connectivity index (χ1n) is 7.11. The van der Waals surface area contributed by atoms with Crippen LogP contribution in [0, 0.1) is 17.0 Å². The molecule has 9 nitrogen and oxygen atoms in total. The third-order valence-corrected chi connectivity index (χ3v) is 5.41. The summed E-state index contributed by atoms with van der Waals surface area (Å²) in [5.74, 6) is -1.17. The Bertz CT molecular complexity index is 907. The molecule has 25 heavy (non-hydrogen) atoms. The molecule has 0 amide bonds. The molecule has 134 valence electrons. The van der Waals surface area contributed by atoms with Crippen molar-refractivity contribution in [2.75, 3.05) is 11.3 Å². The lowest BCUT2D eigenvalue weighted by Crippen LogP contribution is -2.15. The van der Waals surface area contributed by atoms with Crippen molar-refractivity contribution in [1.29, 1.82) is 0 Å². The van der Waals surface area contributed by atoms with Crippen LogP contribution in [0.1, 0.15) is 27.9 Å². The molecule has 0 saturated heterocycles. The molecule has 0 radical (unpaired) electrons. The summed E-state index contributed by atoms with van der Waals surface area (Å²) < 4.78 is 31.7. The van der Waals surface area contributed by atoms with Gasteiger partial charge in [0.05, 0.1) is 17.2 Å². The van der Waals surface area contributed by atoms with E-state index < -0.39 is 26.7 Å². The van der Waals surface area contributed by atoms with E-state index in [1.165, 1.54) is 24.3 Å². The number of anilines is 1. The summed E-state index contributed by atoms with van der Waals surface area (Å²) in [6.07, 6.45) is 0. The van der Waals surface area contributed by atoms with Crippen molar-refractivity contribution < 1.29 is 22.9 Å². The van der Waals surface area contributed by atoms with E-state index >= 15 is 0 Å². The first-order chi connectivity index (χ1) is 11.7. The van der Waals surface area contributed by atoms with Gasteiger partial charge in [0.1, 0.15) is 10.6 Å². The third kappa shape index (κ3) is 4.73. The van der Waals surface area contributed by atoms with Gasteiger partial charge in [-0.3, -0.25) is 14.8 Å². The highest BCUT2D eigenvalue weighted by atomic mass is 32.2. The Morgan fingerprint density at radius 2 is 2.08 bits per heavy atom. The molecule has 0 saturated carbocycles.